The average Bonchev–Trinajstić information content (AvgIpc) is 3.23. The third-order valence-corrected chi connectivity index (χ3v) is 5.38. The number of hydrogen-bond donors (Lipinski definition) is 1. The molecule has 0 aliphatic carbocycles. The molecule has 2 aromatic heterocycles. The summed E-state index contributed by atoms with van der Waals surface area (Å²) in [6, 6.07) is 3.97. The van der Waals surface area contributed by atoms with E-state index in [9.17, 15) is 0 Å². The minimum atomic E-state index is 0.635. The molecule has 152 valence electrons. The molecule has 1 N–H and O–H groups in total. The molecular formula is C19H29N7OS. The quantitative estimate of drug-likeness (QED) is 0.561. The van der Waals surface area contributed by atoms with Crippen molar-refractivity contribution in [3.8, 4) is 5.88 Å². The maximum Gasteiger partial charge on any atom is 0.218 e. The van der Waals surface area contributed by atoms with Crippen LogP contribution in [0.2, 0.25) is 0 Å². The first-order chi connectivity index (χ1) is 13.7. The molecule has 28 heavy (non-hydrogen) atoms. The van der Waals surface area contributed by atoms with Crippen LogP contribution in [0.25, 0.3) is 0 Å². The topological polar surface area (TPSA) is 78.8 Å². The molecule has 0 aromatic carbocycles. The van der Waals surface area contributed by atoms with Crippen molar-refractivity contribution < 1.29 is 4.74 Å². The zero-order valence-corrected chi connectivity index (χ0v) is 17.7. The van der Waals surface area contributed by atoms with E-state index in [-0.39, 0.29) is 0 Å². The number of rotatable bonds is 7. The molecule has 1 saturated heterocycles. The van der Waals surface area contributed by atoms with Crippen molar-refractivity contribution in [2.45, 2.75) is 33.2 Å². The van der Waals surface area contributed by atoms with Crippen molar-refractivity contribution >= 4 is 22.6 Å². The minimum absolute atomic E-state index is 0.635. The number of guanidine groups is 1. The number of nitrogens with one attached hydrogen (secondary N) is 1. The average molecular weight is 404 g/mol. The number of aliphatic imine (C=N–C) groups is 1. The zero-order chi connectivity index (χ0) is 19.8. The van der Waals surface area contributed by atoms with E-state index in [1.807, 2.05) is 19.2 Å². The van der Waals surface area contributed by atoms with Crippen LogP contribution in [0.1, 0.15) is 31.7 Å². The van der Waals surface area contributed by atoms with Crippen LogP contribution < -0.4 is 15.0 Å². The van der Waals surface area contributed by atoms with Crippen LogP contribution in [0.3, 0.4) is 0 Å². The van der Waals surface area contributed by atoms with Gasteiger partial charge >= 0.3 is 0 Å². The first-order valence-corrected chi connectivity index (χ1v) is 10.6. The Hall–Kier alpha value is -2.42. The van der Waals surface area contributed by atoms with Crippen molar-refractivity contribution in [1.82, 2.24) is 24.6 Å². The fourth-order valence-electron chi connectivity index (χ4n) is 3.02. The van der Waals surface area contributed by atoms with Gasteiger partial charge in [0.15, 0.2) is 5.96 Å². The molecule has 1 aliphatic rings. The van der Waals surface area contributed by atoms with Crippen LogP contribution in [0.5, 0.6) is 5.88 Å². The number of nitrogens with zero attached hydrogens (tertiary/aromatic N) is 6. The minimum Gasteiger partial charge on any atom is -0.477 e. The van der Waals surface area contributed by atoms with Crippen molar-refractivity contribution in [1.29, 1.82) is 0 Å². The summed E-state index contributed by atoms with van der Waals surface area (Å²) < 4.78 is 10.1. The van der Waals surface area contributed by atoms with Gasteiger partial charge in [0.2, 0.25) is 11.0 Å². The van der Waals surface area contributed by atoms with Gasteiger partial charge in [-0.1, -0.05) is 19.9 Å². The molecule has 0 bridgehead atoms. The highest BCUT2D eigenvalue weighted by molar-refractivity contribution is 7.09. The molecule has 0 spiro atoms. The molecule has 0 atom stereocenters. The number of anilines is 1. The SMILES string of the molecule is CCCOc1ncccc1CNC(=NC)N1CCN(c2nc(CC)ns2)CC1. The molecule has 3 heterocycles. The summed E-state index contributed by atoms with van der Waals surface area (Å²) >= 11 is 1.49. The second kappa shape index (κ2) is 10.2. The van der Waals surface area contributed by atoms with Gasteiger partial charge in [-0.25, -0.2) is 9.97 Å². The molecule has 1 fully saturated rings. The monoisotopic (exact) mass is 403 g/mol. The molecule has 0 radical (unpaired) electrons. The molecule has 2 aromatic rings. The van der Waals surface area contributed by atoms with Crippen LogP contribution in [0.15, 0.2) is 23.3 Å². The Balaban J connectivity index is 1.54. The van der Waals surface area contributed by atoms with Crippen LogP contribution in [0.4, 0.5) is 5.13 Å². The van der Waals surface area contributed by atoms with Crippen LogP contribution in [-0.2, 0) is 13.0 Å². The van der Waals surface area contributed by atoms with Gasteiger partial charge in [-0.05, 0) is 12.5 Å². The van der Waals surface area contributed by atoms with E-state index < -0.39 is 0 Å². The number of ether oxygens (including phenoxy) is 1. The number of hydrogen-bond acceptors (Lipinski definition) is 7. The summed E-state index contributed by atoms with van der Waals surface area (Å²) in [6.07, 6.45) is 3.61. The lowest BCUT2D eigenvalue weighted by molar-refractivity contribution is 0.301. The number of aryl methyl sites for hydroxylation is 1. The smallest absolute Gasteiger partial charge is 0.218 e. The number of pyridine rings is 1. The van der Waals surface area contributed by atoms with E-state index in [4.69, 9.17) is 4.74 Å². The molecule has 0 amide bonds. The van der Waals surface area contributed by atoms with Gasteiger partial charge in [-0.3, -0.25) is 4.99 Å². The third kappa shape index (κ3) is 5.09. The first kappa shape index (κ1) is 20.3. The molecule has 8 nitrogen and oxygen atoms in total. The largest absolute Gasteiger partial charge is 0.477 e. The van der Waals surface area contributed by atoms with Gasteiger partial charge in [0.25, 0.3) is 0 Å². The van der Waals surface area contributed by atoms with E-state index >= 15 is 0 Å². The lowest BCUT2D eigenvalue weighted by Gasteiger charge is -2.36. The van der Waals surface area contributed by atoms with Crippen molar-refractivity contribution in [3.05, 3.63) is 29.7 Å². The van der Waals surface area contributed by atoms with Gasteiger partial charge in [-0.2, -0.15) is 4.37 Å². The Kier molecular flexibility index (Phi) is 7.41. The lowest BCUT2D eigenvalue weighted by atomic mass is 10.2. The van der Waals surface area contributed by atoms with Crippen molar-refractivity contribution in [2.24, 2.45) is 4.99 Å². The second-order valence-electron chi connectivity index (χ2n) is 6.54. The number of aromatic nitrogens is 3. The Labute approximate surface area is 170 Å². The van der Waals surface area contributed by atoms with E-state index in [1.54, 1.807) is 6.20 Å². The van der Waals surface area contributed by atoms with E-state index in [0.717, 1.165) is 61.5 Å². The summed E-state index contributed by atoms with van der Waals surface area (Å²) in [6.45, 7) is 9.10. The van der Waals surface area contributed by atoms with E-state index in [1.165, 1.54) is 11.5 Å². The summed E-state index contributed by atoms with van der Waals surface area (Å²) in [5, 5.41) is 4.47. The molecule has 1 aliphatic heterocycles. The molecule has 3 rings (SSSR count). The molecule has 9 heteroatoms. The Morgan fingerprint density at radius 1 is 1.29 bits per heavy atom. The molecule has 0 unspecified atom stereocenters. The summed E-state index contributed by atoms with van der Waals surface area (Å²) in [5.74, 6) is 2.52. The normalized spacial score (nSPS) is 15.0. The van der Waals surface area contributed by atoms with Crippen molar-refractivity contribution in [2.75, 3.05) is 44.7 Å². The highest BCUT2D eigenvalue weighted by atomic mass is 32.1. The Bertz CT molecular complexity index is 771. The van der Waals surface area contributed by atoms with E-state index in [2.05, 4.69) is 48.3 Å². The number of piperazine rings is 1. The highest BCUT2D eigenvalue weighted by Gasteiger charge is 2.22. The fraction of sp³-hybridized carbons (Fsp3) is 0.579. The maximum absolute atomic E-state index is 5.75. The Morgan fingerprint density at radius 2 is 2.11 bits per heavy atom. The summed E-state index contributed by atoms with van der Waals surface area (Å²) in [4.78, 5) is 18.0. The summed E-state index contributed by atoms with van der Waals surface area (Å²) in [5.41, 5.74) is 1.04. The predicted octanol–water partition coefficient (Wildman–Crippen LogP) is 2.18. The van der Waals surface area contributed by atoms with Crippen LogP contribution >= 0.6 is 11.5 Å². The standard InChI is InChI=1S/C19H29N7OS/c1-4-13-27-17-15(7-6-8-21-17)14-22-18(20-3)25-9-11-26(12-10-25)19-23-16(5-2)24-28-19/h6-8H,4-5,9-14H2,1-3H3,(H,20,22). The third-order valence-electron chi connectivity index (χ3n) is 4.56. The van der Waals surface area contributed by atoms with Crippen LogP contribution in [-0.4, -0.2) is 65.0 Å². The van der Waals surface area contributed by atoms with Gasteiger partial charge in [-0.15, -0.1) is 0 Å². The second-order valence-corrected chi connectivity index (χ2v) is 7.27. The van der Waals surface area contributed by atoms with Gasteiger partial charge < -0.3 is 19.9 Å². The van der Waals surface area contributed by atoms with Crippen molar-refractivity contribution in [3.63, 3.8) is 0 Å². The highest BCUT2D eigenvalue weighted by Crippen LogP contribution is 2.19. The Morgan fingerprint density at radius 3 is 2.79 bits per heavy atom. The zero-order valence-electron chi connectivity index (χ0n) is 16.9. The van der Waals surface area contributed by atoms with Gasteiger partial charge in [0.1, 0.15) is 5.82 Å². The van der Waals surface area contributed by atoms with Crippen LogP contribution in [0, 0.1) is 0 Å². The molecule has 0 saturated carbocycles. The van der Waals surface area contributed by atoms with Gasteiger partial charge in [0.05, 0.1) is 6.61 Å². The van der Waals surface area contributed by atoms with E-state index in [0.29, 0.717) is 19.0 Å². The predicted molar refractivity (Wildman–Crippen MR) is 113 cm³/mol. The summed E-state index contributed by atoms with van der Waals surface area (Å²) in [7, 11) is 1.82. The fourth-order valence-corrected chi connectivity index (χ4v) is 3.82. The first-order valence-electron chi connectivity index (χ1n) is 9.85. The molecular weight excluding hydrogens is 374 g/mol. The van der Waals surface area contributed by atoms with Gasteiger partial charge in [0, 0.05) is 69.5 Å². The lowest BCUT2D eigenvalue weighted by Crippen LogP contribution is -2.52. The maximum atomic E-state index is 5.75.